The van der Waals surface area contributed by atoms with Gasteiger partial charge in [0.15, 0.2) is 0 Å². The lowest BCUT2D eigenvalue weighted by atomic mass is 9.98. The van der Waals surface area contributed by atoms with Crippen LogP contribution in [0.4, 0.5) is 0 Å². The molecule has 0 saturated carbocycles. The van der Waals surface area contributed by atoms with Gasteiger partial charge in [-0.2, -0.15) is 5.10 Å². The zero-order valence-corrected chi connectivity index (χ0v) is 22.5. The summed E-state index contributed by atoms with van der Waals surface area (Å²) in [6, 6.07) is 20.1. The third-order valence-corrected chi connectivity index (χ3v) is 6.94. The molecule has 3 aromatic carbocycles. The Labute approximate surface area is 228 Å². The molecule has 2 aromatic heterocycles. The van der Waals surface area contributed by atoms with E-state index in [2.05, 4.69) is 28.3 Å². The Morgan fingerprint density at radius 2 is 1.85 bits per heavy atom. The van der Waals surface area contributed by atoms with E-state index in [0.29, 0.717) is 43.1 Å². The van der Waals surface area contributed by atoms with E-state index in [1.54, 1.807) is 25.8 Å². The number of carbonyl (C=O) groups is 1. The lowest BCUT2D eigenvalue weighted by Gasteiger charge is -2.10. The van der Waals surface area contributed by atoms with Crippen LogP contribution in [0.2, 0.25) is 0 Å². The number of esters is 1. The van der Waals surface area contributed by atoms with E-state index >= 15 is 0 Å². The van der Waals surface area contributed by atoms with E-state index in [0.717, 1.165) is 44.1 Å². The number of aryl methyl sites for hydroxylation is 2. The first-order valence-electron chi connectivity index (χ1n) is 13.1. The molecule has 2 heterocycles. The fraction of sp³-hybridized carbons (Fsp3) is 0.290. The molecule has 0 spiro atoms. The van der Waals surface area contributed by atoms with Gasteiger partial charge in [0.05, 0.1) is 43.3 Å². The smallest absolute Gasteiger partial charge is 0.355 e. The van der Waals surface area contributed by atoms with Crippen LogP contribution < -0.4 is 4.74 Å². The lowest BCUT2D eigenvalue weighted by molar-refractivity contribution is 0.0519. The topological polar surface area (TPSA) is 98.6 Å². The fourth-order valence-electron chi connectivity index (χ4n) is 5.22. The molecule has 2 N–H and O–H groups in total. The number of nitrogens with one attached hydrogen (secondary N) is 1. The minimum Gasteiger partial charge on any atom is -0.493 e. The van der Waals surface area contributed by atoms with E-state index in [4.69, 9.17) is 14.2 Å². The molecule has 0 bridgehead atoms. The van der Waals surface area contributed by atoms with Crippen molar-refractivity contribution < 1.29 is 25.5 Å². The molecule has 0 saturated heterocycles. The third kappa shape index (κ3) is 5.13. The summed E-state index contributed by atoms with van der Waals surface area (Å²) in [5.74, 6) is 0.453. The predicted molar refractivity (Wildman–Crippen MR) is 153 cm³/mol. The van der Waals surface area contributed by atoms with Gasteiger partial charge in [-0.25, -0.2) is 4.79 Å². The number of aliphatic hydroxyl groups is 1. The van der Waals surface area contributed by atoms with E-state index in [-0.39, 0.29) is 14.6 Å². The second-order valence-corrected chi connectivity index (χ2v) is 9.34. The first kappa shape index (κ1) is 26.5. The average Bonchev–Trinajstić information content (AvgIpc) is 3.48. The van der Waals surface area contributed by atoms with Gasteiger partial charge in [0.1, 0.15) is 11.4 Å². The maximum absolute atomic E-state index is 13.0. The largest absolute Gasteiger partial charge is 0.493 e. The molecule has 0 aliphatic rings. The Morgan fingerprint density at radius 3 is 2.64 bits per heavy atom. The van der Waals surface area contributed by atoms with Crippen molar-refractivity contribution in [2.24, 2.45) is 7.05 Å². The lowest BCUT2D eigenvalue weighted by Crippen LogP contribution is -2.09. The molecule has 5 rings (SSSR count). The summed E-state index contributed by atoms with van der Waals surface area (Å²) in [6.45, 7) is 2.69. The Balaban J connectivity index is 0.00000370. The summed E-state index contributed by atoms with van der Waals surface area (Å²) < 4.78 is 18.6. The zero-order valence-electron chi connectivity index (χ0n) is 22.5. The summed E-state index contributed by atoms with van der Waals surface area (Å²) >= 11 is 0. The van der Waals surface area contributed by atoms with Gasteiger partial charge < -0.3 is 24.3 Å². The Hall–Kier alpha value is -4.14. The van der Waals surface area contributed by atoms with Crippen molar-refractivity contribution in [1.29, 1.82) is 0 Å². The van der Waals surface area contributed by atoms with Gasteiger partial charge in [-0.1, -0.05) is 54.6 Å². The minimum atomic E-state index is -0.393. The van der Waals surface area contributed by atoms with Crippen LogP contribution in [0.3, 0.4) is 0 Å². The second kappa shape index (κ2) is 11.7. The predicted octanol–water partition coefficient (Wildman–Crippen LogP) is 5.79. The molecule has 0 fully saturated rings. The van der Waals surface area contributed by atoms with Crippen molar-refractivity contribution >= 4 is 27.6 Å². The van der Waals surface area contributed by atoms with Crippen molar-refractivity contribution in [3.63, 3.8) is 0 Å². The molecule has 39 heavy (non-hydrogen) atoms. The van der Waals surface area contributed by atoms with Crippen LogP contribution in [0.15, 0.2) is 60.7 Å². The maximum atomic E-state index is 13.0. The maximum Gasteiger partial charge on any atom is 0.355 e. The second-order valence-electron chi connectivity index (χ2n) is 9.34. The summed E-state index contributed by atoms with van der Waals surface area (Å²) in [5, 5.41) is 17.8. The van der Waals surface area contributed by atoms with Crippen LogP contribution in [0, 0.1) is 0 Å². The number of nitrogens with zero attached hydrogens (tertiary/aromatic N) is 2. The third-order valence-electron chi connectivity index (χ3n) is 6.94. The molecule has 0 aliphatic heterocycles. The van der Waals surface area contributed by atoms with Gasteiger partial charge in [-0.15, -0.1) is 0 Å². The number of fused-ring (bicyclic) bond motifs is 2. The molecular formula is C31H35N3O5. The first-order chi connectivity index (χ1) is 19.1. The Morgan fingerprint density at radius 1 is 1.08 bits per heavy atom. The van der Waals surface area contributed by atoms with Crippen LogP contribution in [0.1, 0.15) is 42.2 Å². The van der Waals surface area contributed by atoms with Crippen LogP contribution in [-0.2, 0) is 36.2 Å². The van der Waals surface area contributed by atoms with E-state index in [9.17, 15) is 9.90 Å². The quantitative estimate of drug-likeness (QED) is 0.166. The van der Waals surface area contributed by atoms with Crippen LogP contribution in [-0.4, -0.2) is 46.2 Å². The monoisotopic (exact) mass is 529 g/mol. The summed E-state index contributed by atoms with van der Waals surface area (Å²) in [6.07, 6.45) is 1.32. The molecule has 8 nitrogen and oxygen atoms in total. The number of aliphatic hydroxyl groups excluding tert-OH is 1. The van der Waals surface area contributed by atoms with Crippen LogP contribution in [0.25, 0.3) is 32.8 Å². The van der Waals surface area contributed by atoms with Gasteiger partial charge in [0.25, 0.3) is 0 Å². The van der Waals surface area contributed by atoms with Crippen molar-refractivity contribution in [3.05, 3.63) is 83.3 Å². The number of aromatic amines is 1. The van der Waals surface area contributed by atoms with Crippen molar-refractivity contribution in [3.8, 4) is 16.9 Å². The van der Waals surface area contributed by atoms with Gasteiger partial charge in [0, 0.05) is 37.5 Å². The van der Waals surface area contributed by atoms with E-state index in [1.807, 2.05) is 42.5 Å². The summed E-state index contributed by atoms with van der Waals surface area (Å²) in [4.78, 5) is 16.4. The summed E-state index contributed by atoms with van der Waals surface area (Å²) in [5.41, 5.74) is 5.16. The van der Waals surface area contributed by atoms with E-state index in [1.165, 1.54) is 0 Å². The number of methoxy groups -OCH3 is 1. The highest BCUT2D eigenvalue weighted by Gasteiger charge is 2.24. The fourth-order valence-corrected chi connectivity index (χ4v) is 5.22. The number of hydrogen-bond acceptors (Lipinski definition) is 6. The molecule has 204 valence electrons. The number of benzene rings is 3. The molecule has 5 aromatic rings. The average molecular weight is 530 g/mol. The standard InChI is InChI=1S/C31H33N3O5.H2/c1-4-38-31(36)30-23(15-9-17-39-27-16-7-11-20-10-5-6-12-21(20)27)22-13-8-14-24(29(22)32-30)28-25(19-37-3)33-34(2)26(28)18-35;/h5-8,10-14,16,32,35H,4,9,15,17-19H2,1-3H3;1H. The Kier molecular flexibility index (Phi) is 7.95. The highest BCUT2D eigenvalue weighted by Crippen LogP contribution is 2.36. The van der Waals surface area contributed by atoms with Crippen LogP contribution >= 0.6 is 0 Å². The molecule has 0 aliphatic carbocycles. The highest BCUT2D eigenvalue weighted by molar-refractivity contribution is 6.04. The number of carbonyl (C=O) groups excluding carboxylic acids is 1. The summed E-state index contributed by atoms with van der Waals surface area (Å²) in [7, 11) is 3.41. The number of aromatic nitrogens is 3. The van der Waals surface area contributed by atoms with Crippen LogP contribution in [0.5, 0.6) is 5.75 Å². The molecule has 0 radical (unpaired) electrons. The Bertz CT molecular complexity index is 1620. The minimum absolute atomic E-state index is 0. The van der Waals surface area contributed by atoms with Gasteiger partial charge in [-0.3, -0.25) is 4.68 Å². The van der Waals surface area contributed by atoms with Crippen molar-refractivity contribution in [2.45, 2.75) is 33.0 Å². The SMILES string of the molecule is CCOC(=O)c1[nH]c2c(-c3c(COC)nn(C)c3CO)cccc2c1CCCOc1cccc2ccccc12.[HH]. The number of H-pyrrole nitrogens is 1. The number of hydrogen-bond donors (Lipinski definition) is 2. The molecular weight excluding hydrogens is 494 g/mol. The molecule has 0 unspecified atom stereocenters. The first-order valence-corrected chi connectivity index (χ1v) is 13.1. The van der Waals surface area contributed by atoms with Crippen molar-refractivity contribution in [1.82, 2.24) is 14.8 Å². The van der Waals surface area contributed by atoms with E-state index < -0.39 is 5.97 Å². The van der Waals surface area contributed by atoms with Gasteiger partial charge >= 0.3 is 5.97 Å². The molecule has 0 amide bonds. The molecule has 0 atom stereocenters. The number of rotatable bonds is 11. The van der Waals surface area contributed by atoms with Gasteiger partial charge in [0.2, 0.25) is 0 Å². The highest BCUT2D eigenvalue weighted by atomic mass is 16.5. The number of para-hydroxylation sites is 1. The van der Waals surface area contributed by atoms with Crippen molar-refractivity contribution in [2.75, 3.05) is 20.3 Å². The zero-order chi connectivity index (χ0) is 27.4. The molecule has 8 heteroatoms. The number of ether oxygens (including phenoxy) is 3. The van der Waals surface area contributed by atoms with Gasteiger partial charge in [-0.05, 0) is 36.8 Å². The normalized spacial score (nSPS) is 11.4.